The van der Waals surface area contributed by atoms with Crippen molar-refractivity contribution in [2.24, 2.45) is 11.8 Å². The Balaban J connectivity index is 1.62. The third-order valence-electron chi connectivity index (χ3n) is 5.55. The minimum atomic E-state index is -0.525. The Hall–Kier alpha value is -1.69. The van der Waals surface area contributed by atoms with Crippen molar-refractivity contribution in [2.45, 2.75) is 64.9 Å². The molecule has 0 bridgehead atoms. The summed E-state index contributed by atoms with van der Waals surface area (Å²) >= 11 is 1.62. The van der Waals surface area contributed by atoms with Crippen LogP contribution in [0.2, 0.25) is 0 Å². The van der Waals surface area contributed by atoms with E-state index in [9.17, 15) is 9.59 Å². The molecule has 0 unspecified atom stereocenters. The van der Waals surface area contributed by atoms with Crippen molar-refractivity contribution in [1.82, 2.24) is 9.97 Å². The van der Waals surface area contributed by atoms with Crippen LogP contribution in [0.1, 0.15) is 68.3 Å². The number of rotatable bonds is 3. The minimum absolute atomic E-state index is 0.00782. The van der Waals surface area contributed by atoms with Crippen molar-refractivity contribution >= 4 is 27.5 Å². The molecule has 25 heavy (non-hydrogen) atoms. The summed E-state index contributed by atoms with van der Waals surface area (Å²) in [5.41, 5.74) is 1.07. The monoisotopic (exact) mass is 360 g/mol. The van der Waals surface area contributed by atoms with Gasteiger partial charge in [0.05, 0.1) is 11.3 Å². The molecule has 134 valence electrons. The zero-order valence-corrected chi connectivity index (χ0v) is 15.6. The maximum Gasteiger partial charge on any atom is 0.309 e. The SMILES string of the molecule is C[C@@H]1CCc2c(sc3nc([C@@H](C)OC(=O)C4CCCC4)[nH]c(=O)c23)C1. The van der Waals surface area contributed by atoms with Gasteiger partial charge in [0.25, 0.3) is 5.56 Å². The smallest absolute Gasteiger partial charge is 0.309 e. The van der Waals surface area contributed by atoms with E-state index in [1.165, 1.54) is 10.4 Å². The zero-order valence-electron chi connectivity index (χ0n) is 14.8. The van der Waals surface area contributed by atoms with Gasteiger partial charge in [-0.3, -0.25) is 9.59 Å². The van der Waals surface area contributed by atoms with Crippen LogP contribution in [0.4, 0.5) is 0 Å². The van der Waals surface area contributed by atoms with E-state index in [0.29, 0.717) is 11.7 Å². The number of aryl methyl sites for hydroxylation is 1. The van der Waals surface area contributed by atoms with Crippen LogP contribution in [0.25, 0.3) is 10.2 Å². The maximum atomic E-state index is 12.6. The number of nitrogens with zero attached hydrogens (tertiary/aromatic N) is 1. The number of hydrogen-bond donors (Lipinski definition) is 1. The fraction of sp³-hybridized carbons (Fsp3) is 0.632. The van der Waals surface area contributed by atoms with Crippen LogP contribution in [0.15, 0.2) is 4.79 Å². The lowest BCUT2D eigenvalue weighted by Gasteiger charge is -2.17. The molecule has 0 spiro atoms. The molecular weight excluding hydrogens is 336 g/mol. The first-order valence-electron chi connectivity index (χ1n) is 9.28. The third-order valence-corrected chi connectivity index (χ3v) is 6.70. The molecule has 2 aliphatic carbocycles. The number of nitrogens with one attached hydrogen (secondary N) is 1. The molecule has 2 atom stereocenters. The van der Waals surface area contributed by atoms with E-state index in [2.05, 4.69) is 16.9 Å². The van der Waals surface area contributed by atoms with E-state index in [0.717, 1.165) is 55.2 Å². The second-order valence-electron chi connectivity index (χ2n) is 7.54. The molecule has 6 heteroatoms. The number of carbonyl (C=O) groups is 1. The van der Waals surface area contributed by atoms with Gasteiger partial charge in [-0.2, -0.15) is 0 Å². The number of ether oxygens (including phenoxy) is 1. The summed E-state index contributed by atoms with van der Waals surface area (Å²) in [7, 11) is 0. The molecule has 4 rings (SSSR count). The number of thiophene rings is 1. The standard InChI is InChI=1S/C19H24N2O3S/c1-10-7-8-13-14(9-10)25-18-15(13)17(22)20-16(21-18)11(2)24-19(23)12-5-3-4-6-12/h10-12H,3-9H2,1-2H3,(H,20,21,22)/t10-,11-/m1/s1. The highest BCUT2D eigenvalue weighted by Crippen LogP contribution is 2.36. The summed E-state index contributed by atoms with van der Waals surface area (Å²) in [6, 6.07) is 0. The second kappa shape index (κ2) is 6.56. The van der Waals surface area contributed by atoms with E-state index < -0.39 is 6.10 Å². The molecule has 0 saturated heterocycles. The molecule has 0 aromatic carbocycles. The first-order chi connectivity index (χ1) is 12.0. The van der Waals surface area contributed by atoms with E-state index in [1.807, 2.05) is 0 Å². The summed E-state index contributed by atoms with van der Waals surface area (Å²) in [6.45, 7) is 4.04. The molecule has 2 aromatic rings. The number of esters is 1. The van der Waals surface area contributed by atoms with Gasteiger partial charge in [0.2, 0.25) is 0 Å². The molecule has 1 N–H and O–H groups in total. The fourth-order valence-electron chi connectivity index (χ4n) is 4.05. The van der Waals surface area contributed by atoms with Crippen molar-refractivity contribution in [3.8, 4) is 0 Å². The van der Waals surface area contributed by atoms with Crippen molar-refractivity contribution in [1.29, 1.82) is 0 Å². The molecule has 1 fully saturated rings. The van der Waals surface area contributed by atoms with Gasteiger partial charge in [0.1, 0.15) is 4.83 Å². The van der Waals surface area contributed by atoms with Crippen molar-refractivity contribution < 1.29 is 9.53 Å². The number of hydrogen-bond acceptors (Lipinski definition) is 5. The first-order valence-corrected chi connectivity index (χ1v) is 10.1. The fourth-order valence-corrected chi connectivity index (χ4v) is 5.44. The predicted octanol–water partition coefficient (Wildman–Crippen LogP) is 3.90. The summed E-state index contributed by atoms with van der Waals surface area (Å²) in [6.07, 6.45) is 6.57. The van der Waals surface area contributed by atoms with Gasteiger partial charge < -0.3 is 9.72 Å². The van der Waals surface area contributed by atoms with Gasteiger partial charge in [-0.1, -0.05) is 19.8 Å². The van der Waals surface area contributed by atoms with Gasteiger partial charge in [0.15, 0.2) is 11.9 Å². The highest BCUT2D eigenvalue weighted by molar-refractivity contribution is 7.18. The zero-order chi connectivity index (χ0) is 17.6. The minimum Gasteiger partial charge on any atom is -0.454 e. The Bertz CT molecular complexity index is 863. The second-order valence-corrected chi connectivity index (χ2v) is 8.63. The van der Waals surface area contributed by atoms with Crippen molar-refractivity contribution in [3.63, 3.8) is 0 Å². The number of H-pyrrole nitrogens is 1. The topological polar surface area (TPSA) is 72.0 Å². The summed E-state index contributed by atoms with van der Waals surface area (Å²) in [5.74, 6) is 0.960. The van der Waals surface area contributed by atoms with Crippen LogP contribution in [-0.4, -0.2) is 15.9 Å². The molecule has 0 amide bonds. The normalized spacial score (nSPS) is 22.1. The average molecular weight is 360 g/mol. The molecule has 5 nitrogen and oxygen atoms in total. The largest absolute Gasteiger partial charge is 0.454 e. The lowest BCUT2D eigenvalue weighted by atomic mass is 9.89. The van der Waals surface area contributed by atoms with E-state index >= 15 is 0 Å². The van der Waals surface area contributed by atoms with Gasteiger partial charge in [-0.25, -0.2) is 4.98 Å². The van der Waals surface area contributed by atoms with Crippen LogP contribution in [0.5, 0.6) is 0 Å². The van der Waals surface area contributed by atoms with E-state index in [1.54, 1.807) is 18.3 Å². The van der Waals surface area contributed by atoms with Crippen LogP contribution in [0.3, 0.4) is 0 Å². The number of carbonyl (C=O) groups excluding carboxylic acids is 1. The Labute approximate surface area is 150 Å². The summed E-state index contributed by atoms with van der Waals surface area (Å²) in [4.78, 5) is 34.4. The molecular formula is C19H24N2O3S. The predicted molar refractivity (Wildman–Crippen MR) is 97.9 cm³/mol. The lowest BCUT2D eigenvalue weighted by Crippen LogP contribution is -2.21. The first kappa shape index (κ1) is 16.8. The van der Waals surface area contributed by atoms with Gasteiger partial charge in [0, 0.05) is 4.88 Å². The number of fused-ring (bicyclic) bond motifs is 3. The number of aromatic nitrogens is 2. The Morgan fingerprint density at radius 3 is 2.84 bits per heavy atom. The van der Waals surface area contributed by atoms with Crippen LogP contribution in [0, 0.1) is 11.8 Å². The summed E-state index contributed by atoms with van der Waals surface area (Å²) in [5, 5.41) is 0.741. The molecule has 2 heterocycles. The average Bonchev–Trinajstić information content (AvgIpc) is 3.21. The number of aromatic amines is 1. The molecule has 0 radical (unpaired) electrons. The highest BCUT2D eigenvalue weighted by Gasteiger charge is 2.28. The molecule has 1 saturated carbocycles. The van der Waals surface area contributed by atoms with Crippen molar-refractivity contribution in [3.05, 3.63) is 26.6 Å². The van der Waals surface area contributed by atoms with Gasteiger partial charge in [-0.05, 0) is 50.5 Å². The Kier molecular flexibility index (Phi) is 4.40. The third kappa shape index (κ3) is 3.12. The van der Waals surface area contributed by atoms with Crippen LogP contribution < -0.4 is 5.56 Å². The Morgan fingerprint density at radius 2 is 2.08 bits per heavy atom. The molecule has 2 aromatic heterocycles. The lowest BCUT2D eigenvalue weighted by molar-refractivity contribution is -0.153. The van der Waals surface area contributed by atoms with Gasteiger partial charge >= 0.3 is 5.97 Å². The molecule has 2 aliphatic rings. The van der Waals surface area contributed by atoms with Crippen LogP contribution >= 0.6 is 11.3 Å². The van der Waals surface area contributed by atoms with E-state index in [4.69, 9.17) is 4.74 Å². The quantitative estimate of drug-likeness (QED) is 0.843. The van der Waals surface area contributed by atoms with E-state index in [-0.39, 0.29) is 17.4 Å². The van der Waals surface area contributed by atoms with Crippen molar-refractivity contribution in [2.75, 3.05) is 0 Å². The van der Waals surface area contributed by atoms with Crippen LogP contribution in [-0.2, 0) is 22.4 Å². The van der Waals surface area contributed by atoms with Gasteiger partial charge in [-0.15, -0.1) is 11.3 Å². The summed E-state index contributed by atoms with van der Waals surface area (Å²) < 4.78 is 5.58. The Morgan fingerprint density at radius 1 is 1.32 bits per heavy atom. The molecule has 0 aliphatic heterocycles. The maximum absolute atomic E-state index is 12.6. The highest BCUT2D eigenvalue weighted by atomic mass is 32.1.